The second kappa shape index (κ2) is 12.4. The third-order valence-electron chi connectivity index (χ3n) is 3.81. The van der Waals surface area contributed by atoms with Crippen molar-refractivity contribution in [2.45, 2.75) is 78.4 Å². The van der Waals surface area contributed by atoms with Crippen LogP contribution in [-0.2, 0) is 14.3 Å². The Hall–Kier alpha value is -1.16. The molecule has 2 heterocycles. The van der Waals surface area contributed by atoms with E-state index in [2.05, 4.69) is 27.7 Å². The highest BCUT2D eigenvalue weighted by molar-refractivity contribution is 5.78. The molecule has 0 saturated carbocycles. The summed E-state index contributed by atoms with van der Waals surface area (Å²) in [5.41, 5.74) is 0. The van der Waals surface area contributed by atoms with Crippen LogP contribution >= 0.6 is 0 Å². The van der Waals surface area contributed by atoms with E-state index in [1.54, 1.807) is 12.2 Å². The van der Waals surface area contributed by atoms with Crippen molar-refractivity contribution >= 4 is 12.3 Å². The SMILES string of the molecule is CCCCC.CCCCC.O=CC1C2C=CC(O2)C1C(=O)O. The molecule has 1 saturated heterocycles. The smallest absolute Gasteiger partial charge is 0.310 e. The molecule has 0 radical (unpaired) electrons. The number of unbranched alkanes of at least 4 members (excludes halogenated alkanes) is 4. The van der Waals surface area contributed by atoms with Gasteiger partial charge < -0.3 is 14.6 Å². The summed E-state index contributed by atoms with van der Waals surface area (Å²) in [6.45, 7) is 8.85. The van der Waals surface area contributed by atoms with Gasteiger partial charge in [0.25, 0.3) is 0 Å². The zero-order valence-electron chi connectivity index (χ0n) is 14.5. The number of rotatable bonds is 6. The van der Waals surface area contributed by atoms with Crippen molar-refractivity contribution in [2.24, 2.45) is 11.8 Å². The van der Waals surface area contributed by atoms with Crippen LogP contribution in [0.15, 0.2) is 12.2 Å². The van der Waals surface area contributed by atoms with Crippen LogP contribution in [0.5, 0.6) is 0 Å². The van der Waals surface area contributed by atoms with E-state index in [0.29, 0.717) is 6.29 Å². The third-order valence-corrected chi connectivity index (χ3v) is 3.81. The van der Waals surface area contributed by atoms with Crippen LogP contribution in [0.25, 0.3) is 0 Å². The molecule has 22 heavy (non-hydrogen) atoms. The lowest BCUT2D eigenvalue weighted by Crippen LogP contribution is -2.31. The average molecular weight is 312 g/mol. The van der Waals surface area contributed by atoms with Gasteiger partial charge in [-0.25, -0.2) is 0 Å². The van der Waals surface area contributed by atoms with E-state index in [1.165, 1.54) is 38.5 Å². The first-order valence-corrected chi connectivity index (χ1v) is 8.59. The predicted molar refractivity (Wildman–Crippen MR) is 88.9 cm³/mol. The van der Waals surface area contributed by atoms with Gasteiger partial charge >= 0.3 is 5.97 Å². The van der Waals surface area contributed by atoms with E-state index in [0.717, 1.165) is 0 Å². The maximum atomic E-state index is 10.7. The zero-order chi connectivity index (χ0) is 17.0. The third kappa shape index (κ3) is 6.73. The molecule has 1 N–H and O–H groups in total. The topological polar surface area (TPSA) is 63.6 Å². The first-order valence-electron chi connectivity index (χ1n) is 8.59. The van der Waals surface area contributed by atoms with E-state index < -0.39 is 23.9 Å². The number of ether oxygens (including phenoxy) is 1. The van der Waals surface area contributed by atoms with Gasteiger partial charge in [0.1, 0.15) is 6.29 Å². The van der Waals surface area contributed by atoms with Gasteiger partial charge in [-0.2, -0.15) is 0 Å². The maximum Gasteiger partial charge on any atom is 0.310 e. The average Bonchev–Trinajstić information content (AvgIpc) is 3.10. The monoisotopic (exact) mass is 312 g/mol. The molecule has 2 rings (SSSR count). The fraction of sp³-hybridized carbons (Fsp3) is 0.778. The first kappa shape index (κ1) is 20.8. The lowest BCUT2D eigenvalue weighted by atomic mass is 9.84. The number of carbonyl (C=O) groups excluding carboxylic acids is 1. The Morgan fingerprint density at radius 1 is 1.00 bits per heavy atom. The molecule has 4 heteroatoms. The molecule has 2 aliphatic rings. The molecule has 0 aromatic heterocycles. The van der Waals surface area contributed by atoms with Crippen LogP contribution in [0.2, 0.25) is 0 Å². The normalized spacial score (nSPS) is 27.5. The number of hydrogen-bond acceptors (Lipinski definition) is 3. The van der Waals surface area contributed by atoms with Gasteiger partial charge in [-0.3, -0.25) is 4.79 Å². The van der Waals surface area contributed by atoms with Crippen molar-refractivity contribution in [3.63, 3.8) is 0 Å². The molecule has 0 amide bonds. The van der Waals surface area contributed by atoms with E-state index >= 15 is 0 Å². The highest BCUT2D eigenvalue weighted by Gasteiger charge is 2.49. The predicted octanol–water partition coefficient (Wildman–Crippen LogP) is 4.23. The van der Waals surface area contributed by atoms with Crippen LogP contribution in [0.1, 0.15) is 66.2 Å². The Balaban J connectivity index is 0.000000372. The second-order valence-electron chi connectivity index (χ2n) is 5.73. The number of hydrogen-bond donors (Lipinski definition) is 1. The molecule has 1 fully saturated rings. The summed E-state index contributed by atoms with van der Waals surface area (Å²) in [5.74, 6) is -2.14. The molecule has 128 valence electrons. The number of aldehydes is 1. The quantitative estimate of drug-likeness (QED) is 0.589. The minimum absolute atomic E-state index is 0.311. The van der Waals surface area contributed by atoms with Crippen molar-refractivity contribution in [2.75, 3.05) is 0 Å². The van der Waals surface area contributed by atoms with Crippen LogP contribution < -0.4 is 0 Å². The highest BCUT2D eigenvalue weighted by Crippen LogP contribution is 2.37. The van der Waals surface area contributed by atoms with E-state index in [9.17, 15) is 9.59 Å². The number of fused-ring (bicyclic) bond motifs is 2. The van der Waals surface area contributed by atoms with Crippen molar-refractivity contribution in [1.29, 1.82) is 0 Å². The van der Waals surface area contributed by atoms with Gasteiger partial charge in [-0.15, -0.1) is 0 Å². The lowest BCUT2D eigenvalue weighted by Gasteiger charge is -2.15. The van der Waals surface area contributed by atoms with Crippen LogP contribution in [0, 0.1) is 11.8 Å². The van der Waals surface area contributed by atoms with Crippen LogP contribution in [0.3, 0.4) is 0 Å². The van der Waals surface area contributed by atoms with Gasteiger partial charge in [-0.1, -0.05) is 78.4 Å². The first-order chi connectivity index (χ1) is 10.6. The summed E-state index contributed by atoms with van der Waals surface area (Å²) < 4.78 is 5.23. The van der Waals surface area contributed by atoms with Crippen molar-refractivity contribution < 1.29 is 19.4 Å². The number of aliphatic carboxylic acids is 1. The Morgan fingerprint density at radius 2 is 1.45 bits per heavy atom. The molecule has 2 bridgehead atoms. The standard InChI is InChI=1S/C8H8O4.2C5H12/c9-3-4-5-1-2-6(12-5)7(4)8(10)11;2*1-3-5-4-2/h1-7H,(H,10,11);2*3-5H2,1-2H3. The molecule has 4 nitrogen and oxygen atoms in total. The molecule has 4 unspecified atom stereocenters. The van der Waals surface area contributed by atoms with Gasteiger partial charge in [0, 0.05) is 0 Å². The molecule has 0 aromatic rings. The molecular weight excluding hydrogens is 280 g/mol. The lowest BCUT2D eigenvalue weighted by molar-refractivity contribution is -0.144. The summed E-state index contributed by atoms with van der Waals surface area (Å²) in [6.07, 6.45) is 11.6. The highest BCUT2D eigenvalue weighted by atomic mass is 16.5. The van der Waals surface area contributed by atoms with Gasteiger partial charge in [0.05, 0.1) is 24.0 Å². The van der Waals surface area contributed by atoms with Gasteiger partial charge in [0.2, 0.25) is 0 Å². The van der Waals surface area contributed by atoms with E-state index in [4.69, 9.17) is 9.84 Å². The Kier molecular flexibility index (Phi) is 11.7. The fourth-order valence-corrected chi connectivity index (χ4v) is 2.51. The van der Waals surface area contributed by atoms with E-state index in [1.807, 2.05) is 0 Å². The maximum absolute atomic E-state index is 10.7. The largest absolute Gasteiger partial charge is 0.481 e. The molecule has 0 aliphatic carbocycles. The van der Waals surface area contributed by atoms with Gasteiger partial charge in [0.15, 0.2) is 0 Å². The summed E-state index contributed by atoms with van der Waals surface area (Å²) in [7, 11) is 0. The second-order valence-corrected chi connectivity index (χ2v) is 5.73. The number of carboxylic acids is 1. The van der Waals surface area contributed by atoms with E-state index in [-0.39, 0.29) is 6.10 Å². The minimum atomic E-state index is -0.955. The van der Waals surface area contributed by atoms with Crippen molar-refractivity contribution in [3.05, 3.63) is 12.2 Å². The Labute approximate surface area is 134 Å². The number of carbonyl (C=O) groups is 2. The van der Waals surface area contributed by atoms with Gasteiger partial charge in [-0.05, 0) is 0 Å². The molecular formula is C18H32O4. The fourth-order valence-electron chi connectivity index (χ4n) is 2.51. The van der Waals surface area contributed by atoms with Crippen molar-refractivity contribution in [3.8, 4) is 0 Å². The molecule has 4 atom stereocenters. The molecule has 0 spiro atoms. The minimum Gasteiger partial charge on any atom is -0.481 e. The Morgan fingerprint density at radius 3 is 1.73 bits per heavy atom. The van der Waals surface area contributed by atoms with Crippen LogP contribution in [0.4, 0.5) is 0 Å². The Bertz CT molecular complexity index is 328. The summed E-state index contributed by atoms with van der Waals surface area (Å²) in [4.78, 5) is 21.2. The van der Waals surface area contributed by atoms with Crippen LogP contribution in [-0.4, -0.2) is 29.6 Å². The summed E-state index contributed by atoms with van der Waals surface area (Å²) >= 11 is 0. The zero-order valence-corrected chi connectivity index (χ0v) is 14.5. The number of carboxylic acid groups (broad SMARTS) is 1. The molecule has 2 aliphatic heterocycles. The molecule has 0 aromatic carbocycles. The van der Waals surface area contributed by atoms with Crippen molar-refractivity contribution in [1.82, 2.24) is 0 Å². The summed E-state index contributed by atoms with van der Waals surface area (Å²) in [5, 5.41) is 8.76. The summed E-state index contributed by atoms with van der Waals surface area (Å²) in [6, 6.07) is 0.